The van der Waals surface area contributed by atoms with Gasteiger partial charge in [0.1, 0.15) is 0 Å². The normalized spacial score (nSPS) is 32.1. The van der Waals surface area contributed by atoms with Gasteiger partial charge in [0.15, 0.2) is 0 Å². The van der Waals surface area contributed by atoms with E-state index in [2.05, 4.69) is 26.1 Å². The van der Waals surface area contributed by atoms with Crippen LogP contribution in [-0.2, 0) is 0 Å². The second-order valence-electron chi connectivity index (χ2n) is 6.71. The number of rotatable bonds is 3. The maximum atomic E-state index is 12.3. The lowest BCUT2D eigenvalue weighted by Crippen LogP contribution is -2.51. The van der Waals surface area contributed by atoms with Crippen LogP contribution in [0, 0.1) is 0 Å². The van der Waals surface area contributed by atoms with Gasteiger partial charge in [-0.15, -0.1) is 0 Å². The van der Waals surface area contributed by atoms with Crippen molar-refractivity contribution in [2.45, 2.75) is 62.7 Å². The Morgan fingerprint density at radius 2 is 1.57 bits per heavy atom. The lowest BCUT2D eigenvalue weighted by Gasteiger charge is -2.39. The van der Waals surface area contributed by atoms with E-state index in [1.807, 2.05) is 24.3 Å². The van der Waals surface area contributed by atoms with Crippen LogP contribution in [0.15, 0.2) is 28.7 Å². The van der Waals surface area contributed by atoms with Crippen molar-refractivity contribution in [2.75, 3.05) is 0 Å². The van der Waals surface area contributed by atoms with Crippen LogP contribution >= 0.6 is 15.9 Å². The molecule has 3 aliphatic rings. The molecule has 1 amide bonds. The molecule has 1 saturated carbocycles. The minimum absolute atomic E-state index is 0.0757. The molecule has 4 heteroatoms. The summed E-state index contributed by atoms with van der Waals surface area (Å²) in [7, 11) is 0. The number of benzene rings is 1. The first-order valence-corrected chi connectivity index (χ1v) is 8.84. The third kappa shape index (κ3) is 2.76. The molecule has 3 nitrogen and oxygen atoms in total. The number of nitrogens with one attached hydrogen (secondary N) is 1. The molecule has 0 aromatic heterocycles. The summed E-state index contributed by atoms with van der Waals surface area (Å²) < 4.78 is 1.01. The van der Waals surface area contributed by atoms with E-state index in [1.54, 1.807) is 0 Å². The van der Waals surface area contributed by atoms with E-state index in [-0.39, 0.29) is 5.91 Å². The second kappa shape index (κ2) is 5.40. The Hall–Kier alpha value is -0.870. The Morgan fingerprint density at radius 1 is 1.00 bits per heavy atom. The van der Waals surface area contributed by atoms with Crippen molar-refractivity contribution < 1.29 is 4.79 Å². The van der Waals surface area contributed by atoms with Crippen LogP contribution in [0.5, 0.6) is 0 Å². The minimum Gasteiger partial charge on any atom is -0.349 e. The number of piperidine rings is 1. The first-order chi connectivity index (χ1) is 10.2. The van der Waals surface area contributed by atoms with Gasteiger partial charge in [0, 0.05) is 34.2 Å². The van der Waals surface area contributed by atoms with E-state index in [0.29, 0.717) is 18.1 Å². The summed E-state index contributed by atoms with van der Waals surface area (Å²) in [5, 5.41) is 3.25. The molecule has 2 saturated heterocycles. The number of halogens is 1. The molecule has 1 unspecified atom stereocenters. The molecule has 2 bridgehead atoms. The van der Waals surface area contributed by atoms with Crippen LogP contribution < -0.4 is 5.32 Å². The Labute approximate surface area is 134 Å². The number of hydrogen-bond donors (Lipinski definition) is 1. The summed E-state index contributed by atoms with van der Waals surface area (Å²) in [6, 6.07) is 10.3. The van der Waals surface area contributed by atoms with Crippen molar-refractivity contribution in [3.8, 4) is 0 Å². The summed E-state index contributed by atoms with van der Waals surface area (Å²) in [6.45, 7) is 0. The SMILES string of the molecule is O=C(NC1C[C@H]2CC[C@@H](C1)N2C1CC1)c1ccc(Br)cc1. The average Bonchev–Trinajstić information content (AvgIpc) is 3.27. The lowest BCUT2D eigenvalue weighted by atomic mass is 9.96. The van der Waals surface area contributed by atoms with Gasteiger partial charge >= 0.3 is 0 Å². The van der Waals surface area contributed by atoms with Crippen molar-refractivity contribution in [1.29, 1.82) is 0 Å². The zero-order valence-corrected chi connectivity index (χ0v) is 13.7. The Bertz CT molecular complexity index is 526. The van der Waals surface area contributed by atoms with E-state index in [1.165, 1.54) is 25.7 Å². The third-order valence-corrected chi connectivity index (χ3v) is 5.73. The fourth-order valence-electron chi connectivity index (χ4n) is 4.17. The Morgan fingerprint density at radius 3 is 2.14 bits per heavy atom. The quantitative estimate of drug-likeness (QED) is 0.908. The van der Waals surface area contributed by atoms with Crippen LogP contribution in [0.1, 0.15) is 48.9 Å². The van der Waals surface area contributed by atoms with Crippen molar-refractivity contribution >= 4 is 21.8 Å². The van der Waals surface area contributed by atoms with Gasteiger partial charge in [-0.2, -0.15) is 0 Å². The zero-order chi connectivity index (χ0) is 14.4. The van der Waals surface area contributed by atoms with E-state index in [9.17, 15) is 4.79 Å². The van der Waals surface area contributed by atoms with Gasteiger partial charge in [-0.3, -0.25) is 9.69 Å². The summed E-state index contributed by atoms with van der Waals surface area (Å²) in [5.74, 6) is 0.0757. The van der Waals surface area contributed by atoms with Crippen molar-refractivity contribution in [1.82, 2.24) is 10.2 Å². The van der Waals surface area contributed by atoms with Crippen LogP contribution in [-0.4, -0.2) is 35.0 Å². The average molecular weight is 349 g/mol. The van der Waals surface area contributed by atoms with Crippen LogP contribution in [0.2, 0.25) is 0 Å². The van der Waals surface area contributed by atoms with Crippen molar-refractivity contribution in [3.05, 3.63) is 34.3 Å². The molecule has 112 valence electrons. The van der Waals surface area contributed by atoms with Crippen LogP contribution in [0.4, 0.5) is 0 Å². The maximum absolute atomic E-state index is 12.3. The zero-order valence-electron chi connectivity index (χ0n) is 12.1. The highest BCUT2D eigenvalue weighted by Crippen LogP contribution is 2.43. The summed E-state index contributed by atoms with van der Waals surface area (Å²) in [6.07, 6.45) is 7.70. The predicted octanol–water partition coefficient (Wildman–Crippen LogP) is 3.34. The highest BCUT2D eigenvalue weighted by Gasteiger charge is 2.47. The fraction of sp³-hybridized carbons (Fsp3) is 0.588. The molecule has 3 fully saturated rings. The van der Waals surface area contributed by atoms with Crippen LogP contribution in [0.3, 0.4) is 0 Å². The van der Waals surface area contributed by atoms with Gasteiger partial charge in [0.25, 0.3) is 5.91 Å². The standard InChI is InChI=1S/C17H21BrN2O/c18-12-3-1-11(2-4-12)17(21)19-13-9-15-7-8-16(10-13)20(15)14-5-6-14/h1-4,13-16H,5-10H2,(H,19,21)/t13?,15-,16+. The number of carbonyl (C=O) groups is 1. The molecule has 3 atom stereocenters. The van der Waals surface area contributed by atoms with Gasteiger partial charge in [0.05, 0.1) is 0 Å². The smallest absolute Gasteiger partial charge is 0.251 e. The Kier molecular flexibility index (Phi) is 3.54. The predicted molar refractivity (Wildman–Crippen MR) is 86.3 cm³/mol. The monoisotopic (exact) mass is 348 g/mol. The Balaban J connectivity index is 1.40. The molecule has 2 heterocycles. The summed E-state index contributed by atoms with van der Waals surface area (Å²) >= 11 is 3.41. The molecule has 4 rings (SSSR count). The highest BCUT2D eigenvalue weighted by atomic mass is 79.9. The van der Waals surface area contributed by atoms with E-state index >= 15 is 0 Å². The molecule has 21 heavy (non-hydrogen) atoms. The minimum atomic E-state index is 0.0757. The molecule has 0 radical (unpaired) electrons. The molecule has 1 aromatic carbocycles. The maximum Gasteiger partial charge on any atom is 0.251 e. The number of amides is 1. The number of hydrogen-bond acceptors (Lipinski definition) is 2. The largest absolute Gasteiger partial charge is 0.349 e. The van der Waals surface area contributed by atoms with Gasteiger partial charge in [-0.1, -0.05) is 15.9 Å². The molecule has 1 aliphatic carbocycles. The van der Waals surface area contributed by atoms with E-state index in [4.69, 9.17) is 0 Å². The second-order valence-corrected chi connectivity index (χ2v) is 7.63. The van der Waals surface area contributed by atoms with E-state index < -0.39 is 0 Å². The van der Waals surface area contributed by atoms with Crippen molar-refractivity contribution in [3.63, 3.8) is 0 Å². The molecule has 0 spiro atoms. The van der Waals surface area contributed by atoms with Gasteiger partial charge in [-0.25, -0.2) is 0 Å². The van der Waals surface area contributed by atoms with Crippen molar-refractivity contribution in [2.24, 2.45) is 0 Å². The van der Waals surface area contributed by atoms with Gasteiger partial charge in [0.2, 0.25) is 0 Å². The summed E-state index contributed by atoms with van der Waals surface area (Å²) in [4.78, 5) is 15.1. The first kappa shape index (κ1) is 13.8. The molecule has 1 N–H and O–H groups in total. The molecular weight excluding hydrogens is 328 g/mol. The number of nitrogens with zero attached hydrogens (tertiary/aromatic N) is 1. The fourth-order valence-corrected chi connectivity index (χ4v) is 4.43. The highest BCUT2D eigenvalue weighted by molar-refractivity contribution is 9.10. The third-order valence-electron chi connectivity index (χ3n) is 5.20. The topological polar surface area (TPSA) is 32.3 Å². The van der Waals surface area contributed by atoms with Crippen LogP contribution in [0.25, 0.3) is 0 Å². The number of fused-ring (bicyclic) bond motifs is 2. The first-order valence-electron chi connectivity index (χ1n) is 8.04. The van der Waals surface area contributed by atoms with E-state index in [0.717, 1.165) is 28.9 Å². The van der Waals surface area contributed by atoms with Gasteiger partial charge in [-0.05, 0) is 62.8 Å². The molecular formula is C17H21BrN2O. The summed E-state index contributed by atoms with van der Waals surface area (Å²) in [5.41, 5.74) is 0.759. The molecule has 2 aliphatic heterocycles. The van der Waals surface area contributed by atoms with Gasteiger partial charge < -0.3 is 5.32 Å². The molecule has 1 aromatic rings. The number of carbonyl (C=O) groups excluding carboxylic acids is 1. The lowest BCUT2D eigenvalue weighted by molar-refractivity contribution is 0.0827.